The van der Waals surface area contributed by atoms with E-state index in [2.05, 4.69) is 10.6 Å². The molecular formula is C15H21FN2O3. The summed E-state index contributed by atoms with van der Waals surface area (Å²) < 4.78 is 17.5. The van der Waals surface area contributed by atoms with Gasteiger partial charge in [-0.25, -0.2) is 4.39 Å². The van der Waals surface area contributed by atoms with Crippen LogP contribution >= 0.6 is 0 Å². The number of anilines is 1. The molecular weight excluding hydrogens is 275 g/mol. The van der Waals surface area contributed by atoms with Crippen molar-refractivity contribution in [3.8, 4) is 0 Å². The molecule has 6 heteroatoms. The Hall–Kier alpha value is -1.95. The lowest BCUT2D eigenvalue weighted by Crippen LogP contribution is -2.42. The van der Waals surface area contributed by atoms with E-state index in [4.69, 9.17) is 4.74 Å². The number of carbonyl (C=O) groups is 2. The number of methoxy groups -OCH3 is 1. The first-order chi connectivity index (χ1) is 9.92. The quantitative estimate of drug-likeness (QED) is 0.755. The predicted molar refractivity (Wildman–Crippen MR) is 78.3 cm³/mol. The van der Waals surface area contributed by atoms with Crippen molar-refractivity contribution in [2.24, 2.45) is 5.92 Å². The first kappa shape index (κ1) is 17.1. The summed E-state index contributed by atoms with van der Waals surface area (Å²) in [4.78, 5) is 23.4. The van der Waals surface area contributed by atoms with Crippen molar-refractivity contribution < 1.29 is 18.7 Å². The summed E-state index contributed by atoms with van der Waals surface area (Å²) in [5, 5.41) is 5.49. The van der Waals surface area contributed by atoms with Crippen LogP contribution in [0.1, 0.15) is 20.3 Å². The molecule has 0 fully saturated rings. The molecule has 0 heterocycles. The van der Waals surface area contributed by atoms with Crippen LogP contribution in [-0.4, -0.2) is 31.6 Å². The van der Waals surface area contributed by atoms with Gasteiger partial charge in [0.05, 0.1) is 13.7 Å². The fourth-order valence-electron chi connectivity index (χ4n) is 1.83. The van der Waals surface area contributed by atoms with Gasteiger partial charge in [-0.2, -0.15) is 0 Å². The van der Waals surface area contributed by atoms with Gasteiger partial charge in [-0.1, -0.05) is 13.8 Å². The summed E-state index contributed by atoms with van der Waals surface area (Å²) in [5.74, 6) is -0.770. The van der Waals surface area contributed by atoms with Crippen LogP contribution in [0.3, 0.4) is 0 Å². The van der Waals surface area contributed by atoms with Gasteiger partial charge in [0.15, 0.2) is 0 Å². The molecule has 0 bridgehead atoms. The highest BCUT2D eigenvalue weighted by molar-refractivity contribution is 5.92. The molecule has 1 atom stereocenters. The highest BCUT2D eigenvalue weighted by Gasteiger charge is 2.20. The Bertz CT molecular complexity index is 474. The van der Waals surface area contributed by atoms with E-state index in [1.807, 2.05) is 13.8 Å². The van der Waals surface area contributed by atoms with Gasteiger partial charge < -0.3 is 10.1 Å². The van der Waals surface area contributed by atoms with Gasteiger partial charge in [0.25, 0.3) is 0 Å². The predicted octanol–water partition coefficient (Wildman–Crippen LogP) is 1.94. The zero-order valence-electron chi connectivity index (χ0n) is 12.5. The molecule has 1 unspecified atom stereocenters. The number of carbonyl (C=O) groups excluding carboxylic acids is 2. The number of nitrogens with one attached hydrogen (secondary N) is 2. The third kappa shape index (κ3) is 6.35. The third-order valence-electron chi connectivity index (χ3n) is 2.83. The van der Waals surface area contributed by atoms with Gasteiger partial charge in [0.1, 0.15) is 11.9 Å². The molecule has 1 aromatic carbocycles. The second-order valence-electron chi connectivity index (χ2n) is 5.14. The molecule has 0 radical (unpaired) electrons. The summed E-state index contributed by atoms with van der Waals surface area (Å²) in [6.07, 6.45) is 0.580. The standard InChI is InChI=1S/C15H21FN2O3/c1-10(2)8-13(15(20)21-3)17-9-14(19)18-12-6-4-11(16)5-7-12/h4-7,10,13,17H,8-9H2,1-3H3,(H,18,19). The summed E-state index contributed by atoms with van der Waals surface area (Å²) in [6, 6.07) is 4.95. The van der Waals surface area contributed by atoms with E-state index >= 15 is 0 Å². The molecule has 116 valence electrons. The topological polar surface area (TPSA) is 67.4 Å². The Balaban J connectivity index is 2.49. The summed E-state index contributed by atoms with van der Waals surface area (Å²) in [7, 11) is 1.32. The van der Waals surface area contributed by atoms with Gasteiger partial charge in [0, 0.05) is 5.69 Å². The zero-order valence-corrected chi connectivity index (χ0v) is 12.5. The molecule has 1 rings (SSSR count). The average Bonchev–Trinajstić information content (AvgIpc) is 2.44. The van der Waals surface area contributed by atoms with E-state index in [1.165, 1.54) is 31.4 Å². The molecule has 0 saturated heterocycles. The van der Waals surface area contributed by atoms with E-state index in [0.717, 1.165) is 0 Å². The van der Waals surface area contributed by atoms with Crippen molar-refractivity contribution in [2.45, 2.75) is 26.3 Å². The van der Waals surface area contributed by atoms with E-state index < -0.39 is 12.0 Å². The average molecular weight is 296 g/mol. The lowest BCUT2D eigenvalue weighted by molar-refractivity contribution is -0.143. The number of hydrogen-bond acceptors (Lipinski definition) is 4. The normalized spacial score (nSPS) is 12.0. The molecule has 5 nitrogen and oxygen atoms in total. The van der Waals surface area contributed by atoms with E-state index in [-0.39, 0.29) is 18.3 Å². The van der Waals surface area contributed by atoms with Crippen LogP contribution in [0.25, 0.3) is 0 Å². The number of hydrogen-bond donors (Lipinski definition) is 2. The fraction of sp³-hybridized carbons (Fsp3) is 0.467. The van der Waals surface area contributed by atoms with Crippen molar-refractivity contribution >= 4 is 17.6 Å². The highest BCUT2D eigenvalue weighted by Crippen LogP contribution is 2.08. The number of rotatable bonds is 7. The number of ether oxygens (including phenoxy) is 1. The Morgan fingerprint density at radius 1 is 1.24 bits per heavy atom. The van der Waals surface area contributed by atoms with Crippen molar-refractivity contribution in [2.75, 3.05) is 19.0 Å². The molecule has 0 saturated carbocycles. The van der Waals surface area contributed by atoms with Crippen LogP contribution in [0.15, 0.2) is 24.3 Å². The summed E-state index contributed by atoms with van der Waals surface area (Å²) >= 11 is 0. The molecule has 0 aliphatic rings. The first-order valence-electron chi connectivity index (χ1n) is 6.79. The maximum atomic E-state index is 12.8. The monoisotopic (exact) mass is 296 g/mol. The van der Waals surface area contributed by atoms with E-state index in [9.17, 15) is 14.0 Å². The third-order valence-corrected chi connectivity index (χ3v) is 2.83. The maximum Gasteiger partial charge on any atom is 0.322 e. The number of amides is 1. The lowest BCUT2D eigenvalue weighted by atomic mass is 10.0. The molecule has 1 amide bonds. The van der Waals surface area contributed by atoms with Crippen LogP contribution in [0.2, 0.25) is 0 Å². The molecule has 2 N–H and O–H groups in total. The summed E-state index contributed by atoms with van der Waals surface area (Å²) in [6.45, 7) is 3.94. The SMILES string of the molecule is COC(=O)C(CC(C)C)NCC(=O)Nc1ccc(F)cc1. The molecule has 0 aromatic heterocycles. The molecule has 0 spiro atoms. The van der Waals surface area contributed by atoms with Gasteiger partial charge >= 0.3 is 5.97 Å². The second-order valence-corrected chi connectivity index (χ2v) is 5.14. The Kier molecular flexibility index (Phi) is 6.81. The van der Waals surface area contributed by atoms with Crippen LogP contribution in [0, 0.1) is 11.7 Å². The highest BCUT2D eigenvalue weighted by atomic mass is 19.1. The Morgan fingerprint density at radius 2 is 1.86 bits per heavy atom. The van der Waals surface area contributed by atoms with Gasteiger partial charge in [-0.15, -0.1) is 0 Å². The van der Waals surface area contributed by atoms with E-state index in [0.29, 0.717) is 18.0 Å². The largest absolute Gasteiger partial charge is 0.468 e. The first-order valence-corrected chi connectivity index (χ1v) is 6.79. The van der Waals surface area contributed by atoms with Crippen LogP contribution < -0.4 is 10.6 Å². The minimum absolute atomic E-state index is 0.0239. The number of halogens is 1. The minimum atomic E-state index is -0.519. The smallest absolute Gasteiger partial charge is 0.322 e. The Labute approximate surface area is 123 Å². The van der Waals surface area contributed by atoms with Crippen molar-refractivity contribution in [3.05, 3.63) is 30.1 Å². The van der Waals surface area contributed by atoms with E-state index in [1.54, 1.807) is 0 Å². The van der Waals surface area contributed by atoms with Crippen molar-refractivity contribution in [3.63, 3.8) is 0 Å². The lowest BCUT2D eigenvalue weighted by Gasteiger charge is -2.18. The molecule has 0 aliphatic heterocycles. The Morgan fingerprint density at radius 3 is 2.38 bits per heavy atom. The maximum absolute atomic E-state index is 12.8. The van der Waals surface area contributed by atoms with Gasteiger partial charge in [-0.3, -0.25) is 14.9 Å². The van der Waals surface area contributed by atoms with Crippen molar-refractivity contribution in [1.82, 2.24) is 5.32 Å². The van der Waals surface area contributed by atoms with Gasteiger partial charge in [-0.05, 0) is 36.6 Å². The number of esters is 1. The van der Waals surface area contributed by atoms with Crippen LogP contribution in [-0.2, 0) is 14.3 Å². The zero-order chi connectivity index (χ0) is 15.8. The minimum Gasteiger partial charge on any atom is -0.468 e. The number of benzene rings is 1. The van der Waals surface area contributed by atoms with Crippen LogP contribution in [0.4, 0.5) is 10.1 Å². The molecule has 21 heavy (non-hydrogen) atoms. The summed E-state index contributed by atoms with van der Waals surface area (Å²) in [5.41, 5.74) is 0.502. The second kappa shape index (κ2) is 8.36. The van der Waals surface area contributed by atoms with Crippen LogP contribution in [0.5, 0.6) is 0 Å². The molecule has 0 aliphatic carbocycles. The van der Waals surface area contributed by atoms with Gasteiger partial charge in [0.2, 0.25) is 5.91 Å². The fourth-order valence-corrected chi connectivity index (χ4v) is 1.83. The molecule has 1 aromatic rings. The van der Waals surface area contributed by atoms with Crippen molar-refractivity contribution in [1.29, 1.82) is 0 Å².